The van der Waals surface area contributed by atoms with Crippen molar-refractivity contribution < 1.29 is 18.0 Å². The summed E-state index contributed by atoms with van der Waals surface area (Å²) in [5.41, 5.74) is 1.13. The van der Waals surface area contributed by atoms with Crippen LogP contribution in [-0.2, 0) is 4.79 Å². The van der Waals surface area contributed by atoms with Gasteiger partial charge < -0.3 is 0 Å². The molecule has 0 unspecified atom stereocenters. The van der Waals surface area contributed by atoms with E-state index in [-0.39, 0.29) is 16.5 Å². The number of hydrogen-bond acceptors (Lipinski definition) is 3. The van der Waals surface area contributed by atoms with Crippen LogP contribution in [0.1, 0.15) is 5.56 Å². The highest BCUT2D eigenvalue weighted by Gasteiger charge is 2.11. The first kappa shape index (κ1) is 16.9. The zero-order valence-corrected chi connectivity index (χ0v) is 13.5. The van der Waals surface area contributed by atoms with E-state index in [0.29, 0.717) is 11.3 Å². The number of nitrogens with zero attached hydrogens (tertiary/aromatic N) is 1. The molecular weight excluding hydrogens is 349 g/mol. The van der Waals surface area contributed by atoms with Gasteiger partial charge in [0, 0.05) is 23.1 Å². The van der Waals surface area contributed by atoms with E-state index >= 15 is 0 Å². The summed E-state index contributed by atoms with van der Waals surface area (Å²) in [6.45, 7) is 0. The van der Waals surface area contributed by atoms with Crippen molar-refractivity contribution in [2.45, 2.75) is 0 Å². The van der Waals surface area contributed by atoms with Gasteiger partial charge in [0.15, 0.2) is 5.13 Å². The summed E-state index contributed by atoms with van der Waals surface area (Å²) in [4.78, 5) is 16.0. The molecule has 3 aromatic rings. The predicted octanol–water partition coefficient (Wildman–Crippen LogP) is 4.88. The van der Waals surface area contributed by atoms with Crippen molar-refractivity contribution in [1.29, 1.82) is 0 Å². The maximum absolute atomic E-state index is 13.7. The maximum atomic E-state index is 13.7. The van der Waals surface area contributed by atoms with Gasteiger partial charge in [-0.25, -0.2) is 18.2 Å². The average molecular weight is 360 g/mol. The summed E-state index contributed by atoms with van der Waals surface area (Å²) in [7, 11) is 0. The fourth-order valence-electron chi connectivity index (χ4n) is 2.04. The number of carbonyl (C=O) groups excluding carboxylic acids is 1. The second-order valence-corrected chi connectivity index (χ2v) is 5.89. The van der Waals surface area contributed by atoms with Gasteiger partial charge in [-0.05, 0) is 35.9 Å². The van der Waals surface area contributed by atoms with Gasteiger partial charge in [0.1, 0.15) is 17.5 Å². The molecule has 0 saturated carbocycles. The number of nitrogens with one attached hydrogen (secondary N) is 1. The first-order valence-electron chi connectivity index (χ1n) is 7.17. The highest BCUT2D eigenvalue weighted by atomic mass is 32.1. The molecular formula is C18H11F3N2OS. The Bertz CT molecular complexity index is 936. The zero-order chi connectivity index (χ0) is 17.8. The van der Waals surface area contributed by atoms with Crippen LogP contribution in [0.2, 0.25) is 0 Å². The van der Waals surface area contributed by atoms with Crippen LogP contribution in [-0.4, -0.2) is 10.9 Å². The summed E-state index contributed by atoms with van der Waals surface area (Å²) in [5.74, 6) is -2.18. The minimum Gasteiger partial charge on any atom is -0.298 e. The number of rotatable bonds is 4. The predicted molar refractivity (Wildman–Crippen MR) is 91.5 cm³/mol. The van der Waals surface area contributed by atoms with Crippen molar-refractivity contribution in [3.63, 3.8) is 0 Å². The molecule has 1 heterocycles. The number of thiazole rings is 1. The Morgan fingerprint density at radius 3 is 2.48 bits per heavy atom. The quantitative estimate of drug-likeness (QED) is 0.674. The third-order valence-electron chi connectivity index (χ3n) is 3.24. The van der Waals surface area contributed by atoms with Crippen LogP contribution in [0, 0.1) is 17.5 Å². The molecule has 0 aliphatic heterocycles. The van der Waals surface area contributed by atoms with E-state index in [1.807, 2.05) is 0 Å². The molecule has 1 amide bonds. The van der Waals surface area contributed by atoms with Crippen molar-refractivity contribution in [1.82, 2.24) is 4.98 Å². The molecule has 0 spiro atoms. The first-order chi connectivity index (χ1) is 12.0. The molecule has 0 fully saturated rings. The van der Waals surface area contributed by atoms with Crippen molar-refractivity contribution >= 4 is 28.5 Å². The molecule has 0 atom stereocenters. The van der Waals surface area contributed by atoms with E-state index < -0.39 is 17.5 Å². The van der Waals surface area contributed by atoms with Crippen LogP contribution in [0.3, 0.4) is 0 Å². The number of carbonyl (C=O) groups is 1. The van der Waals surface area contributed by atoms with E-state index in [1.54, 1.807) is 5.38 Å². The van der Waals surface area contributed by atoms with Crippen LogP contribution in [0.4, 0.5) is 18.3 Å². The molecule has 0 aliphatic rings. The molecule has 25 heavy (non-hydrogen) atoms. The van der Waals surface area contributed by atoms with Gasteiger partial charge in [0.2, 0.25) is 5.91 Å². The van der Waals surface area contributed by atoms with Crippen molar-refractivity contribution in [2.75, 3.05) is 5.32 Å². The summed E-state index contributed by atoms with van der Waals surface area (Å²) in [6, 6.07) is 8.87. The Labute approximate surface area is 145 Å². The lowest BCUT2D eigenvalue weighted by molar-refractivity contribution is -0.111. The normalized spacial score (nSPS) is 11.0. The molecule has 1 N–H and O–H groups in total. The van der Waals surface area contributed by atoms with Gasteiger partial charge >= 0.3 is 0 Å². The minimum absolute atomic E-state index is 0.153. The number of aromatic nitrogens is 1. The highest BCUT2D eigenvalue weighted by molar-refractivity contribution is 7.14. The molecule has 3 nitrogen and oxygen atoms in total. The van der Waals surface area contributed by atoms with Crippen LogP contribution >= 0.6 is 11.3 Å². The van der Waals surface area contributed by atoms with Crippen molar-refractivity contribution in [3.05, 3.63) is 76.9 Å². The Balaban J connectivity index is 1.68. The SMILES string of the molecule is O=C(C=Cc1ccc(F)cc1)Nc1nc(-c2ccc(F)cc2F)cs1. The van der Waals surface area contributed by atoms with Crippen molar-refractivity contribution in [3.8, 4) is 11.3 Å². The van der Waals surface area contributed by atoms with Crippen LogP contribution < -0.4 is 5.32 Å². The summed E-state index contributed by atoms with van der Waals surface area (Å²) < 4.78 is 39.5. The second-order valence-electron chi connectivity index (χ2n) is 5.04. The fourth-order valence-corrected chi connectivity index (χ4v) is 2.76. The molecule has 0 aliphatic carbocycles. The smallest absolute Gasteiger partial charge is 0.250 e. The van der Waals surface area contributed by atoms with E-state index in [4.69, 9.17) is 0 Å². The van der Waals surface area contributed by atoms with Gasteiger partial charge in [-0.15, -0.1) is 11.3 Å². The molecule has 2 aromatic carbocycles. The van der Waals surface area contributed by atoms with Gasteiger partial charge in [-0.3, -0.25) is 10.1 Å². The number of anilines is 1. The standard InChI is InChI=1S/C18H11F3N2OS/c19-12-4-1-11(2-5-12)3-8-17(24)23-18-22-16(10-25-18)14-7-6-13(20)9-15(14)21/h1-10H,(H,22,23,24). The van der Waals surface area contributed by atoms with Gasteiger partial charge in [-0.1, -0.05) is 12.1 Å². The lowest BCUT2D eigenvalue weighted by Gasteiger charge is -1.99. The number of amides is 1. The zero-order valence-electron chi connectivity index (χ0n) is 12.7. The Hall–Kier alpha value is -2.93. The molecule has 0 saturated heterocycles. The second kappa shape index (κ2) is 7.31. The summed E-state index contributed by atoms with van der Waals surface area (Å²) >= 11 is 1.12. The fraction of sp³-hybridized carbons (Fsp3) is 0. The minimum atomic E-state index is -0.723. The number of hydrogen-bond donors (Lipinski definition) is 1. The van der Waals surface area contributed by atoms with E-state index in [1.165, 1.54) is 42.5 Å². The largest absolute Gasteiger partial charge is 0.298 e. The Kier molecular flexibility index (Phi) is 4.95. The maximum Gasteiger partial charge on any atom is 0.250 e. The molecule has 7 heteroatoms. The van der Waals surface area contributed by atoms with Gasteiger partial charge in [-0.2, -0.15) is 0 Å². The first-order valence-corrected chi connectivity index (χ1v) is 8.05. The van der Waals surface area contributed by atoms with Crippen LogP contribution in [0.5, 0.6) is 0 Å². The highest BCUT2D eigenvalue weighted by Crippen LogP contribution is 2.27. The molecule has 3 rings (SSSR count). The van der Waals surface area contributed by atoms with E-state index in [9.17, 15) is 18.0 Å². The molecule has 1 aromatic heterocycles. The third-order valence-corrected chi connectivity index (χ3v) is 4.00. The Morgan fingerprint density at radius 2 is 1.76 bits per heavy atom. The van der Waals surface area contributed by atoms with E-state index in [2.05, 4.69) is 10.3 Å². The number of benzene rings is 2. The number of halogens is 3. The molecule has 0 bridgehead atoms. The molecule has 126 valence electrons. The van der Waals surface area contributed by atoms with E-state index in [0.717, 1.165) is 23.5 Å². The topological polar surface area (TPSA) is 42.0 Å². The lowest BCUT2D eigenvalue weighted by Crippen LogP contribution is -2.07. The summed E-state index contributed by atoms with van der Waals surface area (Å²) in [5, 5.41) is 4.41. The van der Waals surface area contributed by atoms with Crippen molar-refractivity contribution in [2.24, 2.45) is 0 Å². The van der Waals surface area contributed by atoms with Crippen LogP contribution in [0.15, 0.2) is 53.9 Å². The lowest BCUT2D eigenvalue weighted by atomic mass is 10.1. The Morgan fingerprint density at radius 1 is 1.04 bits per heavy atom. The monoisotopic (exact) mass is 360 g/mol. The van der Waals surface area contributed by atoms with Gasteiger partial charge in [0.25, 0.3) is 0 Å². The molecule has 0 radical (unpaired) electrons. The summed E-state index contributed by atoms with van der Waals surface area (Å²) in [6.07, 6.45) is 2.82. The average Bonchev–Trinajstić information content (AvgIpc) is 3.02. The third kappa shape index (κ3) is 4.33. The van der Waals surface area contributed by atoms with Crippen LogP contribution in [0.25, 0.3) is 17.3 Å². The van der Waals surface area contributed by atoms with Gasteiger partial charge in [0.05, 0.1) is 5.69 Å².